The molecule has 2 aromatic heterocycles. The van der Waals surface area contributed by atoms with Crippen molar-refractivity contribution in [3.05, 3.63) is 23.1 Å². The summed E-state index contributed by atoms with van der Waals surface area (Å²) in [5.41, 5.74) is 0.935. The molecule has 4 heterocycles. The predicted molar refractivity (Wildman–Crippen MR) is 75.3 cm³/mol. The summed E-state index contributed by atoms with van der Waals surface area (Å²) in [6.07, 6.45) is 6.48. The van der Waals surface area contributed by atoms with Gasteiger partial charge >= 0.3 is 0 Å². The molecule has 0 aromatic carbocycles. The summed E-state index contributed by atoms with van der Waals surface area (Å²) in [7, 11) is 0. The van der Waals surface area contributed by atoms with Gasteiger partial charge in [0.15, 0.2) is 11.6 Å². The Bertz CT molecular complexity index is 667. The van der Waals surface area contributed by atoms with Crippen molar-refractivity contribution in [1.29, 1.82) is 0 Å². The van der Waals surface area contributed by atoms with Crippen LogP contribution in [0.2, 0.25) is 5.28 Å². The zero-order valence-corrected chi connectivity index (χ0v) is 12.0. The van der Waals surface area contributed by atoms with E-state index < -0.39 is 0 Å². The van der Waals surface area contributed by atoms with Gasteiger partial charge in [0, 0.05) is 6.54 Å². The normalized spacial score (nSPS) is 20.9. The van der Waals surface area contributed by atoms with Crippen LogP contribution in [0.15, 0.2) is 6.20 Å². The van der Waals surface area contributed by atoms with Gasteiger partial charge in [-0.05, 0) is 31.4 Å². The molecule has 1 atom stereocenters. The molecule has 2 aromatic rings. The maximum absolute atomic E-state index is 6.00. The van der Waals surface area contributed by atoms with Gasteiger partial charge in [0.05, 0.1) is 12.2 Å². The van der Waals surface area contributed by atoms with Crippen molar-refractivity contribution in [3.8, 4) is 5.69 Å². The van der Waals surface area contributed by atoms with Gasteiger partial charge in [0.25, 0.3) is 0 Å². The van der Waals surface area contributed by atoms with Gasteiger partial charge in [-0.2, -0.15) is 4.98 Å². The number of halogens is 1. The van der Waals surface area contributed by atoms with Crippen molar-refractivity contribution >= 4 is 17.4 Å². The van der Waals surface area contributed by atoms with Crippen molar-refractivity contribution in [2.45, 2.75) is 38.6 Å². The Labute approximate surface area is 121 Å². The fraction of sp³-hybridized carbons (Fsp3) is 0.538. The fourth-order valence-corrected chi connectivity index (χ4v) is 3.37. The Balaban J connectivity index is 1.97. The first-order valence-corrected chi connectivity index (χ1v) is 7.35. The third-order valence-corrected chi connectivity index (χ3v) is 4.32. The minimum Gasteiger partial charge on any atom is -0.344 e. The summed E-state index contributed by atoms with van der Waals surface area (Å²) in [6.45, 7) is 2.94. The van der Waals surface area contributed by atoms with Crippen molar-refractivity contribution in [1.82, 2.24) is 24.7 Å². The SMILES string of the molecule is Cc1nnc2n1-c1cnc(Cl)nc1N1CCCCCC21. The third-order valence-electron chi connectivity index (χ3n) is 4.13. The Kier molecular flexibility index (Phi) is 2.66. The van der Waals surface area contributed by atoms with E-state index in [9.17, 15) is 0 Å². The molecule has 4 rings (SSSR count). The number of anilines is 1. The first kappa shape index (κ1) is 12.1. The van der Waals surface area contributed by atoms with E-state index in [0.29, 0.717) is 5.28 Å². The van der Waals surface area contributed by atoms with Gasteiger partial charge in [0.1, 0.15) is 11.5 Å². The van der Waals surface area contributed by atoms with Crippen LogP contribution in [-0.2, 0) is 0 Å². The number of hydrogen-bond acceptors (Lipinski definition) is 5. The molecule has 20 heavy (non-hydrogen) atoms. The van der Waals surface area contributed by atoms with Crippen molar-refractivity contribution in [3.63, 3.8) is 0 Å². The monoisotopic (exact) mass is 290 g/mol. The average Bonchev–Trinajstić information content (AvgIpc) is 2.69. The molecule has 1 fully saturated rings. The van der Waals surface area contributed by atoms with Crippen LogP contribution in [0.5, 0.6) is 0 Å². The maximum Gasteiger partial charge on any atom is 0.224 e. The molecule has 6 nitrogen and oxygen atoms in total. The second-order valence-corrected chi connectivity index (χ2v) is 5.69. The lowest BCUT2D eigenvalue weighted by Crippen LogP contribution is -2.36. The summed E-state index contributed by atoms with van der Waals surface area (Å²) in [5.74, 6) is 2.78. The van der Waals surface area contributed by atoms with E-state index in [4.69, 9.17) is 11.6 Å². The molecule has 1 unspecified atom stereocenters. The average molecular weight is 291 g/mol. The van der Waals surface area contributed by atoms with Gasteiger partial charge in [-0.3, -0.25) is 4.57 Å². The quantitative estimate of drug-likeness (QED) is 0.698. The highest BCUT2D eigenvalue weighted by molar-refractivity contribution is 6.28. The molecule has 104 valence electrons. The van der Waals surface area contributed by atoms with Crippen LogP contribution in [0.4, 0.5) is 5.82 Å². The molecule has 0 spiro atoms. The molecule has 0 bridgehead atoms. The largest absolute Gasteiger partial charge is 0.344 e. The van der Waals surface area contributed by atoms with E-state index >= 15 is 0 Å². The van der Waals surface area contributed by atoms with Gasteiger partial charge in [0.2, 0.25) is 5.28 Å². The van der Waals surface area contributed by atoms with E-state index in [-0.39, 0.29) is 6.04 Å². The molecular weight excluding hydrogens is 276 g/mol. The lowest BCUT2D eigenvalue weighted by atomic mass is 10.1. The van der Waals surface area contributed by atoms with Crippen LogP contribution in [0.25, 0.3) is 5.69 Å². The van der Waals surface area contributed by atoms with Gasteiger partial charge in [-0.15, -0.1) is 10.2 Å². The minimum absolute atomic E-state index is 0.247. The molecule has 0 saturated carbocycles. The summed E-state index contributed by atoms with van der Waals surface area (Å²) in [6, 6.07) is 0.247. The smallest absolute Gasteiger partial charge is 0.224 e. The number of fused-ring (bicyclic) bond motifs is 6. The van der Waals surface area contributed by atoms with Crippen LogP contribution in [0.1, 0.15) is 43.4 Å². The van der Waals surface area contributed by atoms with Crippen LogP contribution in [-0.4, -0.2) is 31.3 Å². The standard InChI is InChI=1S/C13H15ClN6/c1-8-17-18-12-9-5-3-2-4-6-19(9)11-10(20(8)12)7-15-13(14)16-11/h7,9H,2-6H2,1H3. The number of rotatable bonds is 0. The molecule has 0 radical (unpaired) electrons. The molecule has 2 aliphatic rings. The highest BCUT2D eigenvalue weighted by atomic mass is 35.5. The molecule has 0 amide bonds. The van der Waals surface area contributed by atoms with Gasteiger partial charge in [-0.25, -0.2) is 4.98 Å². The van der Waals surface area contributed by atoms with Crippen molar-refractivity contribution in [2.75, 3.05) is 11.4 Å². The summed E-state index contributed by atoms with van der Waals surface area (Å²) >= 11 is 6.00. The summed E-state index contributed by atoms with van der Waals surface area (Å²) in [4.78, 5) is 10.9. The molecule has 7 heteroatoms. The van der Waals surface area contributed by atoms with Crippen LogP contribution < -0.4 is 4.90 Å². The first-order chi connectivity index (χ1) is 9.75. The molecule has 0 N–H and O–H groups in total. The van der Waals surface area contributed by atoms with Gasteiger partial charge < -0.3 is 4.90 Å². The van der Waals surface area contributed by atoms with Crippen molar-refractivity contribution in [2.24, 2.45) is 0 Å². The lowest BCUT2D eigenvalue weighted by molar-refractivity contribution is 0.537. The Hall–Kier alpha value is -1.69. The topological polar surface area (TPSA) is 59.7 Å². The Morgan fingerprint density at radius 3 is 3.05 bits per heavy atom. The maximum atomic E-state index is 6.00. The Morgan fingerprint density at radius 1 is 1.25 bits per heavy atom. The van der Waals surface area contributed by atoms with E-state index in [2.05, 4.69) is 29.6 Å². The molecule has 0 aliphatic carbocycles. The highest BCUT2D eigenvalue weighted by Crippen LogP contribution is 2.41. The minimum atomic E-state index is 0.247. The van der Waals surface area contributed by atoms with Gasteiger partial charge in [-0.1, -0.05) is 12.8 Å². The summed E-state index contributed by atoms with van der Waals surface area (Å²) < 4.78 is 2.07. The van der Waals surface area contributed by atoms with E-state index in [1.54, 1.807) is 6.20 Å². The second kappa shape index (κ2) is 4.41. The van der Waals surface area contributed by atoms with Crippen LogP contribution in [0, 0.1) is 6.92 Å². The lowest BCUT2D eigenvalue weighted by Gasteiger charge is -2.36. The van der Waals surface area contributed by atoms with E-state index in [1.807, 2.05) is 6.92 Å². The number of nitrogens with zero attached hydrogens (tertiary/aromatic N) is 6. The van der Waals surface area contributed by atoms with Crippen LogP contribution in [0.3, 0.4) is 0 Å². The fourth-order valence-electron chi connectivity index (χ4n) is 3.24. The van der Waals surface area contributed by atoms with E-state index in [1.165, 1.54) is 19.3 Å². The zero-order valence-electron chi connectivity index (χ0n) is 11.3. The highest BCUT2D eigenvalue weighted by Gasteiger charge is 2.36. The zero-order chi connectivity index (χ0) is 13.7. The third kappa shape index (κ3) is 1.64. The molecule has 2 aliphatic heterocycles. The Morgan fingerprint density at radius 2 is 2.15 bits per heavy atom. The number of hydrogen-bond donors (Lipinski definition) is 0. The first-order valence-electron chi connectivity index (χ1n) is 6.97. The number of aromatic nitrogens is 5. The van der Waals surface area contributed by atoms with E-state index in [0.717, 1.165) is 36.1 Å². The molecular formula is C13H15ClN6. The number of aryl methyl sites for hydroxylation is 1. The second-order valence-electron chi connectivity index (χ2n) is 5.35. The predicted octanol–water partition coefficient (Wildman–Crippen LogP) is 2.45. The molecule has 1 saturated heterocycles. The summed E-state index contributed by atoms with van der Waals surface area (Å²) in [5, 5.41) is 8.92. The van der Waals surface area contributed by atoms with Crippen molar-refractivity contribution < 1.29 is 0 Å². The van der Waals surface area contributed by atoms with Crippen LogP contribution >= 0.6 is 11.6 Å².